The molecule has 2 heterocycles. The van der Waals surface area contributed by atoms with Crippen molar-refractivity contribution >= 4 is 35.1 Å². The van der Waals surface area contributed by atoms with E-state index in [4.69, 9.17) is 0 Å². The first kappa shape index (κ1) is 19.4. The monoisotopic (exact) mass is 398 g/mol. The van der Waals surface area contributed by atoms with Crippen LogP contribution >= 0.6 is 0 Å². The van der Waals surface area contributed by atoms with Crippen LogP contribution in [0.5, 0.6) is 0 Å². The van der Waals surface area contributed by atoms with E-state index in [1.165, 1.54) is 9.80 Å². The van der Waals surface area contributed by atoms with Gasteiger partial charge in [0.25, 0.3) is 5.91 Å². The number of carbonyl (C=O) groups is 4. The van der Waals surface area contributed by atoms with Gasteiger partial charge in [0.05, 0.1) is 11.4 Å². The number of rotatable bonds is 2. The Hall–Kier alpha value is -2.90. The standard InChI is InChI=1S/C21H26N4O4/c1-14-12-17(26)22-15-8-4-5-9-16(15)25(14)18(27)13-24-19(28)21(23(2)20(24)29)10-6-3-7-11-21/h4-5,8-9,14H,3,6-7,10-13H2,1-2H3,(H,22,26). The Labute approximate surface area is 169 Å². The third-order valence-corrected chi connectivity index (χ3v) is 6.41. The first-order valence-electron chi connectivity index (χ1n) is 10.2. The van der Waals surface area contributed by atoms with Gasteiger partial charge in [0.15, 0.2) is 0 Å². The highest BCUT2D eigenvalue weighted by Gasteiger charge is 2.56. The van der Waals surface area contributed by atoms with E-state index in [1.54, 1.807) is 38.2 Å². The maximum atomic E-state index is 13.3. The lowest BCUT2D eigenvalue weighted by atomic mass is 9.81. The maximum Gasteiger partial charge on any atom is 0.327 e. The van der Waals surface area contributed by atoms with Crippen LogP contribution in [0.1, 0.15) is 45.4 Å². The second kappa shape index (κ2) is 7.17. The Morgan fingerprint density at radius 3 is 2.55 bits per heavy atom. The van der Waals surface area contributed by atoms with Crippen molar-refractivity contribution in [2.45, 2.75) is 57.0 Å². The molecule has 3 aliphatic rings. The van der Waals surface area contributed by atoms with Gasteiger partial charge in [-0.2, -0.15) is 0 Å². The molecule has 1 aromatic rings. The van der Waals surface area contributed by atoms with Crippen LogP contribution in [0.15, 0.2) is 24.3 Å². The molecule has 1 N–H and O–H groups in total. The summed E-state index contributed by atoms with van der Waals surface area (Å²) in [6.07, 6.45) is 4.27. The second-order valence-corrected chi connectivity index (χ2v) is 8.21. The molecule has 0 aromatic heterocycles. The number of urea groups is 1. The summed E-state index contributed by atoms with van der Waals surface area (Å²) in [5.41, 5.74) is 0.320. The van der Waals surface area contributed by atoms with Gasteiger partial charge in [-0.1, -0.05) is 31.4 Å². The molecule has 29 heavy (non-hydrogen) atoms. The van der Waals surface area contributed by atoms with E-state index in [0.717, 1.165) is 24.2 Å². The lowest BCUT2D eigenvalue weighted by Crippen LogP contribution is -2.50. The number of fused-ring (bicyclic) bond motifs is 1. The van der Waals surface area contributed by atoms with Crippen molar-refractivity contribution in [3.63, 3.8) is 0 Å². The highest BCUT2D eigenvalue weighted by atomic mass is 16.2. The normalized spacial score (nSPS) is 23.9. The molecule has 1 aromatic carbocycles. The average Bonchev–Trinajstić information content (AvgIpc) is 2.82. The van der Waals surface area contributed by atoms with Gasteiger partial charge in [-0.3, -0.25) is 19.3 Å². The van der Waals surface area contributed by atoms with Gasteiger partial charge < -0.3 is 15.1 Å². The maximum absolute atomic E-state index is 13.3. The Kier molecular flexibility index (Phi) is 4.80. The first-order chi connectivity index (χ1) is 13.8. The first-order valence-corrected chi connectivity index (χ1v) is 10.2. The van der Waals surface area contributed by atoms with Crippen molar-refractivity contribution in [2.75, 3.05) is 23.8 Å². The minimum absolute atomic E-state index is 0.145. The SMILES string of the molecule is CC1CC(=O)Nc2ccccc2N1C(=O)CN1C(=O)N(C)C2(CCCCC2)C1=O. The van der Waals surface area contributed by atoms with E-state index in [1.807, 2.05) is 0 Å². The molecule has 8 heteroatoms. The number of benzene rings is 1. The Bertz CT molecular complexity index is 877. The summed E-state index contributed by atoms with van der Waals surface area (Å²) in [7, 11) is 1.66. The topological polar surface area (TPSA) is 90.0 Å². The largest absolute Gasteiger partial charge is 0.327 e. The smallest absolute Gasteiger partial charge is 0.324 e. The minimum atomic E-state index is -0.810. The van der Waals surface area contributed by atoms with Crippen LogP contribution in [0, 0.1) is 0 Å². The molecule has 154 valence electrons. The number of hydrogen-bond donors (Lipinski definition) is 1. The predicted molar refractivity (Wildman–Crippen MR) is 107 cm³/mol. The Balaban J connectivity index is 1.61. The van der Waals surface area contributed by atoms with Crippen LogP contribution in [0.3, 0.4) is 0 Å². The molecule has 1 saturated heterocycles. The van der Waals surface area contributed by atoms with Gasteiger partial charge in [-0.25, -0.2) is 4.79 Å². The lowest BCUT2D eigenvalue weighted by molar-refractivity contribution is -0.137. The highest BCUT2D eigenvalue weighted by molar-refractivity contribution is 6.11. The van der Waals surface area contributed by atoms with Gasteiger partial charge in [-0.05, 0) is 31.9 Å². The minimum Gasteiger partial charge on any atom is -0.324 e. The third kappa shape index (κ3) is 3.07. The van der Waals surface area contributed by atoms with Crippen LogP contribution in [0.25, 0.3) is 0 Å². The molecule has 1 atom stereocenters. The van der Waals surface area contributed by atoms with Crippen molar-refractivity contribution in [1.29, 1.82) is 0 Å². The molecule has 1 saturated carbocycles. The summed E-state index contributed by atoms with van der Waals surface area (Å²) in [6.45, 7) is 1.47. The molecule has 2 aliphatic heterocycles. The summed E-state index contributed by atoms with van der Waals surface area (Å²) in [6, 6.07) is 6.27. The molecule has 0 radical (unpaired) electrons. The van der Waals surface area contributed by atoms with Gasteiger partial charge in [0.2, 0.25) is 11.8 Å². The van der Waals surface area contributed by atoms with E-state index in [2.05, 4.69) is 5.32 Å². The lowest BCUT2D eigenvalue weighted by Gasteiger charge is -2.35. The molecule has 0 bridgehead atoms. The van der Waals surface area contributed by atoms with Gasteiger partial charge in [0, 0.05) is 19.5 Å². The third-order valence-electron chi connectivity index (χ3n) is 6.41. The zero-order chi connectivity index (χ0) is 20.8. The fraction of sp³-hybridized carbons (Fsp3) is 0.524. The summed E-state index contributed by atoms with van der Waals surface area (Å²) >= 11 is 0. The number of nitrogens with zero attached hydrogens (tertiary/aromatic N) is 3. The molecule has 4 rings (SSSR count). The highest BCUT2D eigenvalue weighted by Crippen LogP contribution is 2.39. The van der Waals surface area contributed by atoms with Crippen molar-refractivity contribution in [2.24, 2.45) is 0 Å². The Morgan fingerprint density at radius 1 is 1.14 bits per heavy atom. The van der Waals surface area contributed by atoms with Crippen molar-refractivity contribution in [3.8, 4) is 0 Å². The van der Waals surface area contributed by atoms with E-state index in [-0.39, 0.29) is 36.7 Å². The number of imide groups is 1. The van der Waals surface area contributed by atoms with Crippen molar-refractivity contribution in [3.05, 3.63) is 24.3 Å². The number of likely N-dealkylation sites (N-methyl/N-ethyl adjacent to an activating group) is 1. The van der Waals surface area contributed by atoms with E-state index >= 15 is 0 Å². The molecular weight excluding hydrogens is 372 g/mol. The zero-order valence-corrected chi connectivity index (χ0v) is 16.8. The quantitative estimate of drug-likeness (QED) is 0.775. The number of anilines is 2. The molecule has 8 nitrogen and oxygen atoms in total. The molecule has 1 spiro atoms. The molecule has 1 aliphatic carbocycles. The summed E-state index contributed by atoms with van der Waals surface area (Å²) in [5, 5.41) is 2.81. The molecule has 1 unspecified atom stereocenters. The predicted octanol–water partition coefficient (Wildman–Crippen LogP) is 2.35. The van der Waals surface area contributed by atoms with Crippen molar-refractivity contribution in [1.82, 2.24) is 9.80 Å². The molecule has 5 amide bonds. The molecular formula is C21H26N4O4. The number of para-hydroxylation sites is 2. The second-order valence-electron chi connectivity index (χ2n) is 8.21. The van der Waals surface area contributed by atoms with Crippen LogP contribution < -0.4 is 10.2 Å². The van der Waals surface area contributed by atoms with Crippen molar-refractivity contribution < 1.29 is 19.2 Å². The molecule has 2 fully saturated rings. The number of hydrogen-bond acceptors (Lipinski definition) is 4. The van der Waals surface area contributed by atoms with Crippen LogP contribution in [-0.4, -0.2) is 58.7 Å². The fourth-order valence-electron chi connectivity index (χ4n) is 4.85. The Morgan fingerprint density at radius 2 is 1.83 bits per heavy atom. The summed E-state index contributed by atoms with van der Waals surface area (Å²) in [4.78, 5) is 55.6. The van der Waals surface area contributed by atoms with Gasteiger partial charge >= 0.3 is 6.03 Å². The van der Waals surface area contributed by atoms with Gasteiger partial charge in [-0.15, -0.1) is 0 Å². The van der Waals surface area contributed by atoms with Crippen LogP contribution in [0.2, 0.25) is 0 Å². The van der Waals surface area contributed by atoms with Gasteiger partial charge in [0.1, 0.15) is 12.1 Å². The fourth-order valence-corrected chi connectivity index (χ4v) is 4.85. The summed E-state index contributed by atoms with van der Waals surface area (Å²) in [5.74, 6) is -0.818. The number of nitrogens with one attached hydrogen (secondary N) is 1. The number of amides is 5. The summed E-state index contributed by atoms with van der Waals surface area (Å²) < 4.78 is 0. The van der Waals surface area contributed by atoms with Crippen LogP contribution in [0.4, 0.5) is 16.2 Å². The van der Waals surface area contributed by atoms with E-state index in [9.17, 15) is 19.2 Å². The van der Waals surface area contributed by atoms with E-state index in [0.29, 0.717) is 24.2 Å². The average molecular weight is 398 g/mol. The van der Waals surface area contributed by atoms with E-state index < -0.39 is 11.6 Å². The van der Waals surface area contributed by atoms with Crippen LogP contribution in [-0.2, 0) is 14.4 Å². The zero-order valence-electron chi connectivity index (χ0n) is 16.8. The number of carbonyl (C=O) groups excluding carboxylic acids is 4.